The molecule has 3 fully saturated rings. The van der Waals surface area contributed by atoms with Gasteiger partial charge in [-0.05, 0) is 31.1 Å². The highest BCUT2D eigenvalue weighted by Gasteiger charge is 2.43. The van der Waals surface area contributed by atoms with Crippen LogP contribution in [0.2, 0.25) is 0 Å². The molecule has 1 aliphatic carbocycles. The topological polar surface area (TPSA) is 24.5 Å². The van der Waals surface area contributed by atoms with E-state index in [2.05, 4.69) is 31.0 Å². The Balaban J connectivity index is 1.59. The van der Waals surface area contributed by atoms with Crippen molar-refractivity contribution in [1.82, 2.24) is 10.2 Å². The lowest BCUT2D eigenvalue weighted by atomic mass is 9.84. The highest BCUT2D eigenvalue weighted by Crippen LogP contribution is 2.43. The summed E-state index contributed by atoms with van der Waals surface area (Å²) in [6, 6.07) is 0.639. The lowest BCUT2D eigenvalue weighted by molar-refractivity contribution is -0.0595. The first-order valence-electron chi connectivity index (χ1n) is 8.61. The Kier molecular flexibility index (Phi) is 4.13. The van der Waals surface area contributed by atoms with E-state index in [0.717, 1.165) is 19.6 Å². The highest BCUT2D eigenvalue weighted by molar-refractivity contribution is 4.95. The number of piperazine rings is 1. The fourth-order valence-electron chi connectivity index (χ4n) is 4.49. The molecule has 0 aromatic carbocycles. The molecule has 3 aliphatic rings. The van der Waals surface area contributed by atoms with Crippen LogP contribution >= 0.6 is 0 Å². The molecule has 0 bridgehead atoms. The van der Waals surface area contributed by atoms with E-state index in [9.17, 15) is 0 Å². The first-order chi connectivity index (χ1) is 9.49. The molecule has 2 unspecified atom stereocenters. The van der Waals surface area contributed by atoms with Crippen LogP contribution in [0.25, 0.3) is 0 Å². The van der Waals surface area contributed by atoms with Gasteiger partial charge in [0.25, 0.3) is 0 Å². The largest absolute Gasteiger partial charge is 0.370 e. The Morgan fingerprint density at radius 1 is 1.20 bits per heavy atom. The maximum absolute atomic E-state index is 6.51. The van der Waals surface area contributed by atoms with Crippen molar-refractivity contribution in [3.8, 4) is 0 Å². The lowest BCUT2D eigenvalue weighted by Gasteiger charge is -2.44. The molecule has 0 radical (unpaired) electrons. The monoisotopic (exact) mass is 280 g/mol. The van der Waals surface area contributed by atoms with Crippen molar-refractivity contribution in [2.24, 2.45) is 5.41 Å². The molecule has 0 amide bonds. The predicted octanol–water partition coefficient (Wildman–Crippen LogP) is 2.80. The van der Waals surface area contributed by atoms with Crippen LogP contribution in [0.15, 0.2) is 0 Å². The Morgan fingerprint density at radius 3 is 2.65 bits per heavy atom. The third-order valence-corrected chi connectivity index (χ3v) is 5.65. The van der Waals surface area contributed by atoms with E-state index in [1.165, 1.54) is 45.1 Å². The number of rotatable bonds is 2. The van der Waals surface area contributed by atoms with Crippen molar-refractivity contribution in [3.05, 3.63) is 0 Å². The minimum absolute atomic E-state index is 0.288. The van der Waals surface area contributed by atoms with Crippen molar-refractivity contribution in [2.75, 3.05) is 26.2 Å². The molecule has 2 aliphatic heterocycles. The minimum Gasteiger partial charge on any atom is -0.370 e. The molecular formula is C17H32N2O. The normalized spacial score (nSPS) is 35.0. The van der Waals surface area contributed by atoms with Crippen LogP contribution in [0.3, 0.4) is 0 Å². The molecule has 1 N–H and O–H groups in total. The fourth-order valence-corrected chi connectivity index (χ4v) is 4.49. The van der Waals surface area contributed by atoms with Crippen LogP contribution in [0.4, 0.5) is 0 Å². The molecule has 2 saturated heterocycles. The van der Waals surface area contributed by atoms with E-state index >= 15 is 0 Å². The third-order valence-electron chi connectivity index (χ3n) is 5.65. The molecule has 2 atom stereocenters. The molecule has 0 aromatic heterocycles. The molecular weight excluding hydrogens is 248 g/mol. The first-order valence-corrected chi connectivity index (χ1v) is 8.61. The Labute approximate surface area is 124 Å². The van der Waals surface area contributed by atoms with Gasteiger partial charge in [0, 0.05) is 32.2 Å². The van der Waals surface area contributed by atoms with E-state index < -0.39 is 0 Å². The van der Waals surface area contributed by atoms with Gasteiger partial charge in [-0.3, -0.25) is 4.90 Å². The second-order valence-electron chi connectivity index (χ2n) is 8.25. The molecule has 20 heavy (non-hydrogen) atoms. The van der Waals surface area contributed by atoms with Crippen molar-refractivity contribution in [1.29, 1.82) is 0 Å². The zero-order valence-electron chi connectivity index (χ0n) is 13.6. The van der Waals surface area contributed by atoms with Crippen molar-refractivity contribution >= 4 is 0 Å². The summed E-state index contributed by atoms with van der Waals surface area (Å²) in [5, 5.41) is 3.56. The predicted molar refractivity (Wildman–Crippen MR) is 83.0 cm³/mol. The Morgan fingerprint density at radius 2 is 1.95 bits per heavy atom. The van der Waals surface area contributed by atoms with Gasteiger partial charge in [0.15, 0.2) is 0 Å². The second-order valence-corrected chi connectivity index (χ2v) is 8.25. The summed E-state index contributed by atoms with van der Waals surface area (Å²) in [7, 11) is 0. The molecule has 0 aromatic rings. The molecule has 2 heterocycles. The van der Waals surface area contributed by atoms with Gasteiger partial charge < -0.3 is 10.1 Å². The van der Waals surface area contributed by atoms with Crippen LogP contribution in [0.1, 0.15) is 59.3 Å². The highest BCUT2D eigenvalue weighted by atomic mass is 16.5. The lowest BCUT2D eigenvalue weighted by Crippen LogP contribution is -2.58. The maximum Gasteiger partial charge on any atom is 0.0710 e. The van der Waals surface area contributed by atoms with Gasteiger partial charge in [-0.2, -0.15) is 0 Å². The van der Waals surface area contributed by atoms with Crippen molar-refractivity contribution in [3.63, 3.8) is 0 Å². The Hall–Kier alpha value is -0.120. The molecule has 3 heteroatoms. The number of hydrogen-bond acceptors (Lipinski definition) is 3. The summed E-state index contributed by atoms with van der Waals surface area (Å²) in [5.74, 6) is 0. The summed E-state index contributed by atoms with van der Waals surface area (Å²) < 4.78 is 6.51. The van der Waals surface area contributed by atoms with Gasteiger partial charge in [-0.15, -0.1) is 0 Å². The smallest absolute Gasteiger partial charge is 0.0710 e. The summed E-state index contributed by atoms with van der Waals surface area (Å²) in [5.41, 5.74) is 0.632. The van der Waals surface area contributed by atoms with Crippen LogP contribution in [-0.4, -0.2) is 48.8 Å². The van der Waals surface area contributed by atoms with Gasteiger partial charge in [0.1, 0.15) is 0 Å². The second kappa shape index (κ2) is 5.58. The van der Waals surface area contributed by atoms with Crippen LogP contribution in [0.5, 0.6) is 0 Å². The van der Waals surface area contributed by atoms with Gasteiger partial charge in [0.2, 0.25) is 0 Å². The van der Waals surface area contributed by atoms with Crippen LogP contribution in [0, 0.1) is 5.41 Å². The number of nitrogens with zero attached hydrogens (tertiary/aromatic N) is 1. The van der Waals surface area contributed by atoms with Crippen molar-refractivity contribution < 1.29 is 4.74 Å². The standard InChI is InChI=1S/C17H32N2O/c1-16(2,3)15-12-18-10-11-19(15)13-14-6-9-17(20-14)7-4-5-8-17/h14-15,18H,4-13H2,1-3H3. The van der Waals surface area contributed by atoms with E-state index in [0.29, 0.717) is 17.6 Å². The Bertz CT molecular complexity index is 330. The third kappa shape index (κ3) is 3.05. The molecule has 1 spiro atoms. The molecule has 1 saturated carbocycles. The zero-order valence-corrected chi connectivity index (χ0v) is 13.6. The molecule has 3 nitrogen and oxygen atoms in total. The average Bonchev–Trinajstić information content (AvgIpc) is 3.00. The first kappa shape index (κ1) is 14.8. The van der Waals surface area contributed by atoms with E-state index in [-0.39, 0.29) is 5.60 Å². The van der Waals surface area contributed by atoms with E-state index in [1.807, 2.05) is 0 Å². The summed E-state index contributed by atoms with van der Waals surface area (Å²) >= 11 is 0. The van der Waals surface area contributed by atoms with Crippen molar-refractivity contribution in [2.45, 2.75) is 77.0 Å². The SMILES string of the molecule is CC(C)(C)C1CNCCN1CC1CCC2(CCCC2)O1. The van der Waals surface area contributed by atoms with Gasteiger partial charge in [-0.25, -0.2) is 0 Å². The molecule has 3 rings (SSSR count). The van der Waals surface area contributed by atoms with E-state index in [1.54, 1.807) is 0 Å². The van der Waals surface area contributed by atoms with Gasteiger partial charge in [-0.1, -0.05) is 33.6 Å². The minimum atomic E-state index is 0.288. The summed E-state index contributed by atoms with van der Waals surface area (Å²) in [6.07, 6.45) is 8.46. The number of nitrogens with one attached hydrogen (secondary N) is 1. The quantitative estimate of drug-likeness (QED) is 0.842. The number of hydrogen-bond donors (Lipinski definition) is 1. The van der Waals surface area contributed by atoms with Gasteiger partial charge >= 0.3 is 0 Å². The summed E-state index contributed by atoms with van der Waals surface area (Å²) in [4.78, 5) is 2.69. The summed E-state index contributed by atoms with van der Waals surface area (Å²) in [6.45, 7) is 11.7. The van der Waals surface area contributed by atoms with Gasteiger partial charge in [0.05, 0.1) is 11.7 Å². The fraction of sp³-hybridized carbons (Fsp3) is 1.00. The average molecular weight is 280 g/mol. The molecule has 116 valence electrons. The van der Waals surface area contributed by atoms with E-state index in [4.69, 9.17) is 4.74 Å². The zero-order chi connectivity index (χ0) is 14.2. The maximum atomic E-state index is 6.51. The number of ether oxygens (including phenoxy) is 1. The van der Waals surface area contributed by atoms with Crippen LogP contribution < -0.4 is 5.32 Å². The van der Waals surface area contributed by atoms with Crippen LogP contribution in [-0.2, 0) is 4.74 Å².